The van der Waals surface area contributed by atoms with Gasteiger partial charge in [0, 0.05) is 12.2 Å². The molecule has 2 aliphatic carbocycles. The number of carbonyl (C=O) groups excluding carboxylic acids is 1. The van der Waals surface area contributed by atoms with E-state index in [1.165, 1.54) is 29.6 Å². The molecule has 52 heavy (non-hydrogen) atoms. The van der Waals surface area contributed by atoms with Crippen LogP contribution in [0.15, 0.2) is 96.3 Å². The van der Waals surface area contributed by atoms with Crippen LogP contribution in [0.1, 0.15) is 99.8 Å². The molecule has 2 heterocycles. The van der Waals surface area contributed by atoms with Crippen LogP contribution in [0, 0.1) is 23.2 Å². The summed E-state index contributed by atoms with van der Waals surface area (Å²) in [5.74, 6) is 0.396. The molecule has 0 radical (unpaired) electrons. The van der Waals surface area contributed by atoms with Gasteiger partial charge in [0.1, 0.15) is 5.41 Å². The average molecular weight is 741 g/mol. The van der Waals surface area contributed by atoms with Crippen molar-refractivity contribution in [1.82, 2.24) is 0 Å². The third-order valence-electron chi connectivity index (χ3n) is 13.2. The molecular formula is C45H64O5Si2. The first kappa shape index (κ1) is 39.0. The molecule has 2 fully saturated rings. The van der Waals surface area contributed by atoms with Gasteiger partial charge in [-0.25, -0.2) is 0 Å². The predicted octanol–water partition coefficient (Wildman–Crippen LogP) is 10.2. The van der Waals surface area contributed by atoms with Gasteiger partial charge in [0.05, 0.1) is 18.3 Å². The number of benzene rings is 2. The largest absolute Gasteiger partial charge is 0.546 e. The minimum absolute atomic E-state index is 0.100. The highest BCUT2D eigenvalue weighted by atomic mass is 28.4. The van der Waals surface area contributed by atoms with Crippen LogP contribution in [-0.2, 0) is 23.1 Å². The first-order chi connectivity index (χ1) is 25.1. The van der Waals surface area contributed by atoms with Gasteiger partial charge in [-0.05, 0) is 96.9 Å². The third kappa shape index (κ3) is 6.77. The summed E-state index contributed by atoms with van der Waals surface area (Å²) in [6, 6.07) is 24.8. The van der Waals surface area contributed by atoms with Crippen LogP contribution in [0.25, 0.3) is 0 Å². The molecule has 5 atom stereocenters. The summed E-state index contributed by atoms with van der Waals surface area (Å²) in [6.45, 7) is 17.0. The quantitative estimate of drug-likeness (QED) is 0.0700. The van der Waals surface area contributed by atoms with Gasteiger partial charge >= 0.3 is 5.97 Å². The Balaban J connectivity index is 1.41. The molecule has 7 heteroatoms. The molecular weight excluding hydrogens is 677 g/mol. The third-order valence-corrected chi connectivity index (χ3v) is 22.8. The van der Waals surface area contributed by atoms with Crippen molar-refractivity contribution < 1.29 is 23.1 Å². The molecule has 5 nitrogen and oxygen atoms in total. The Hall–Kier alpha value is -2.72. The summed E-state index contributed by atoms with van der Waals surface area (Å²) in [4.78, 5) is 14.6. The number of hydrogen-bond donors (Lipinski definition) is 0. The topological polar surface area (TPSA) is 54.0 Å². The monoisotopic (exact) mass is 740 g/mol. The Morgan fingerprint density at radius 1 is 0.923 bits per heavy atom. The van der Waals surface area contributed by atoms with Gasteiger partial charge in [-0.15, -0.1) is 0 Å². The highest BCUT2D eigenvalue weighted by Gasteiger charge is 2.71. The summed E-state index contributed by atoms with van der Waals surface area (Å²) in [6.07, 6.45) is 17.1. The molecule has 2 aliphatic heterocycles. The minimum Gasteiger partial charge on any atom is -0.546 e. The lowest BCUT2D eigenvalue weighted by Crippen LogP contribution is -2.66. The normalized spacial score (nSPS) is 27.2. The fourth-order valence-electron chi connectivity index (χ4n) is 10.1. The summed E-state index contributed by atoms with van der Waals surface area (Å²) in [7, 11) is -4.83. The fraction of sp³-hybridized carbons (Fsp3) is 0.578. The van der Waals surface area contributed by atoms with Crippen LogP contribution in [0.4, 0.5) is 0 Å². The van der Waals surface area contributed by atoms with Crippen molar-refractivity contribution in [3.05, 3.63) is 96.3 Å². The number of esters is 1. The number of unbranched alkanes of at least 4 members (excludes halogenated alkanes) is 3. The zero-order chi connectivity index (χ0) is 37.0. The molecule has 282 valence electrons. The van der Waals surface area contributed by atoms with E-state index >= 15 is 0 Å². The highest BCUT2D eigenvalue weighted by Crippen LogP contribution is 2.65. The second kappa shape index (κ2) is 15.9. The molecule has 6 rings (SSSR count). The highest BCUT2D eigenvalue weighted by molar-refractivity contribution is 6.99. The van der Waals surface area contributed by atoms with Crippen molar-refractivity contribution in [2.24, 2.45) is 23.2 Å². The molecule has 2 aromatic rings. The maximum atomic E-state index is 14.6. The Kier molecular flexibility index (Phi) is 12.0. The summed E-state index contributed by atoms with van der Waals surface area (Å²) >= 11 is 0. The smallest absolute Gasteiger partial charge is 0.319 e. The van der Waals surface area contributed by atoms with E-state index in [1.807, 2.05) is 0 Å². The van der Waals surface area contributed by atoms with Gasteiger partial charge in [0.15, 0.2) is 0 Å². The van der Waals surface area contributed by atoms with Gasteiger partial charge in [-0.2, -0.15) is 0 Å². The Bertz CT molecular complexity index is 1560. The SMILES string of the molecule is C/C=C/CCCCCC1C=C2C3(CCO[Si](c4ccccc4)(c4ccccc4)C(C)(C)C)CC=C(O[Si](CC)(CC)CC)C4C1CCOC24OC3=O. The number of carbonyl (C=O) groups is 1. The summed E-state index contributed by atoms with van der Waals surface area (Å²) in [5, 5.41) is 2.34. The first-order valence-corrected chi connectivity index (χ1v) is 24.9. The number of rotatable bonds is 17. The summed E-state index contributed by atoms with van der Waals surface area (Å²) < 4.78 is 28.3. The van der Waals surface area contributed by atoms with E-state index in [4.69, 9.17) is 18.3 Å². The molecule has 0 saturated carbocycles. The van der Waals surface area contributed by atoms with E-state index in [-0.39, 0.29) is 16.9 Å². The number of ether oxygens (including phenoxy) is 2. The van der Waals surface area contributed by atoms with Crippen LogP contribution < -0.4 is 10.4 Å². The molecule has 2 saturated heterocycles. The standard InChI is InChI=1S/C45H64O5Si2/c1-8-12-13-14-15-18-23-35-34-40-44(31-33-48-52(43(5,6)7,36-24-19-16-20-25-36)37-26-21-17-22-27-37)30-28-39(50-51(9-2,10-3)11-4)41-38(35)29-32-47-45(40,41)49-42(44)46/h8,12,16-17,19-22,24-28,34-35,38,41H,9-11,13-15,18,23,29-33H2,1-7H3/b12-8+. The lowest BCUT2D eigenvalue weighted by molar-refractivity contribution is -0.253. The van der Waals surface area contributed by atoms with Crippen LogP contribution >= 0.6 is 0 Å². The van der Waals surface area contributed by atoms with Gasteiger partial charge in [-0.1, -0.05) is 133 Å². The first-order valence-electron chi connectivity index (χ1n) is 20.4. The van der Waals surface area contributed by atoms with Crippen LogP contribution in [-0.4, -0.2) is 41.6 Å². The Morgan fingerprint density at radius 3 is 2.17 bits per heavy atom. The van der Waals surface area contributed by atoms with Crippen molar-refractivity contribution in [2.75, 3.05) is 13.2 Å². The van der Waals surface area contributed by atoms with Crippen molar-refractivity contribution in [2.45, 2.75) is 129 Å². The van der Waals surface area contributed by atoms with E-state index in [9.17, 15) is 4.79 Å². The van der Waals surface area contributed by atoms with Gasteiger partial charge in [0.25, 0.3) is 8.32 Å². The fourth-order valence-corrected chi connectivity index (χ4v) is 17.3. The van der Waals surface area contributed by atoms with E-state index in [2.05, 4.69) is 133 Å². The molecule has 0 aromatic heterocycles. The van der Waals surface area contributed by atoms with Crippen molar-refractivity contribution >= 4 is 33.0 Å². The van der Waals surface area contributed by atoms with Gasteiger partial charge in [0.2, 0.25) is 14.1 Å². The predicted molar refractivity (Wildman–Crippen MR) is 217 cm³/mol. The van der Waals surface area contributed by atoms with Gasteiger partial charge in [-0.3, -0.25) is 4.79 Å². The second-order valence-corrected chi connectivity index (χ2v) is 25.8. The second-order valence-electron chi connectivity index (χ2n) is 16.8. The van der Waals surface area contributed by atoms with E-state index in [0.29, 0.717) is 37.9 Å². The Labute approximate surface area is 316 Å². The van der Waals surface area contributed by atoms with Crippen LogP contribution in [0.2, 0.25) is 23.2 Å². The molecule has 5 bridgehead atoms. The van der Waals surface area contributed by atoms with E-state index in [1.54, 1.807) is 0 Å². The molecule has 4 aliphatic rings. The van der Waals surface area contributed by atoms with Crippen molar-refractivity contribution in [3.63, 3.8) is 0 Å². The average Bonchev–Trinajstić information content (AvgIpc) is 3.33. The maximum absolute atomic E-state index is 14.6. The summed E-state index contributed by atoms with van der Waals surface area (Å²) in [5.41, 5.74) is 0.207. The van der Waals surface area contributed by atoms with Crippen LogP contribution in [0.5, 0.6) is 0 Å². The minimum atomic E-state index is -2.81. The Morgan fingerprint density at radius 2 is 1.58 bits per heavy atom. The van der Waals surface area contributed by atoms with E-state index < -0.39 is 27.8 Å². The zero-order valence-corrected chi connectivity index (χ0v) is 35.0. The lowest BCUT2D eigenvalue weighted by atomic mass is 9.61. The molecule has 0 amide bonds. The number of hydrogen-bond acceptors (Lipinski definition) is 5. The van der Waals surface area contributed by atoms with Gasteiger partial charge < -0.3 is 18.3 Å². The molecule has 0 N–H and O–H groups in total. The molecule has 2 aromatic carbocycles. The molecule has 1 spiro atoms. The zero-order valence-electron chi connectivity index (χ0n) is 33.0. The maximum Gasteiger partial charge on any atom is 0.319 e. The van der Waals surface area contributed by atoms with Crippen molar-refractivity contribution in [1.29, 1.82) is 0 Å². The van der Waals surface area contributed by atoms with Crippen LogP contribution in [0.3, 0.4) is 0 Å². The molecule has 5 unspecified atom stereocenters. The van der Waals surface area contributed by atoms with Crippen molar-refractivity contribution in [3.8, 4) is 0 Å². The number of allylic oxidation sites excluding steroid dienone is 4. The lowest BCUT2D eigenvalue weighted by Gasteiger charge is -2.51. The van der Waals surface area contributed by atoms with E-state index in [0.717, 1.165) is 48.7 Å².